The van der Waals surface area contributed by atoms with Crippen LogP contribution < -0.4 is 16.0 Å². The molecule has 0 radical (unpaired) electrons. The Labute approximate surface area is 293 Å². The Hall–Kier alpha value is -3.91. The summed E-state index contributed by atoms with van der Waals surface area (Å²) >= 11 is 0. The van der Waals surface area contributed by atoms with Crippen LogP contribution in [-0.4, -0.2) is 63.5 Å². The lowest BCUT2D eigenvalue weighted by Crippen LogP contribution is -2.34. The van der Waals surface area contributed by atoms with E-state index in [0.29, 0.717) is 23.0 Å². The molecule has 0 aliphatic carbocycles. The van der Waals surface area contributed by atoms with Crippen molar-refractivity contribution in [2.45, 2.75) is 87.5 Å². The predicted octanol–water partition coefficient (Wildman–Crippen LogP) is 9.99. The lowest BCUT2D eigenvalue weighted by molar-refractivity contribution is 0.0600. The Morgan fingerprint density at radius 2 is 1.50 bits per heavy atom. The van der Waals surface area contributed by atoms with Gasteiger partial charge in [0.2, 0.25) is 0 Å². The van der Waals surface area contributed by atoms with Gasteiger partial charge in [-0.1, -0.05) is 60.6 Å². The van der Waals surface area contributed by atoms with Crippen molar-refractivity contribution in [3.8, 4) is 0 Å². The first-order valence-corrected chi connectivity index (χ1v) is 17.5. The van der Waals surface area contributed by atoms with E-state index in [2.05, 4.69) is 68.7 Å². The number of rotatable bonds is 18. The lowest BCUT2D eigenvalue weighted by Gasteiger charge is -2.25. The number of nitrogens with one attached hydrogen (secondary N) is 3. The van der Waals surface area contributed by atoms with Crippen LogP contribution >= 0.6 is 0 Å². The second kappa shape index (κ2) is 30.4. The molecule has 48 heavy (non-hydrogen) atoms. The molecule has 2 aromatic rings. The van der Waals surface area contributed by atoms with Crippen molar-refractivity contribution in [1.29, 1.82) is 0 Å². The van der Waals surface area contributed by atoms with E-state index in [1.165, 1.54) is 13.5 Å². The number of methoxy groups -OCH3 is 1. The van der Waals surface area contributed by atoms with Crippen molar-refractivity contribution >= 4 is 35.3 Å². The molecule has 0 bridgehead atoms. The van der Waals surface area contributed by atoms with Gasteiger partial charge >= 0.3 is 5.97 Å². The third-order valence-corrected chi connectivity index (χ3v) is 6.62. The van der Waals surface area contributed by atoms with Crippen LogP contribution in [0.3, 0.4) is 0 Å². The largest absolute Gasteiger partial charge is 0.465 e. The highest BCUT2D eigenvalue weighted by Gasteiger charge is 2.18. The van der Waals surface area contributed by atoms with Crippen LogP contribution in [0, 0.1) is 11.8 Å². The zero-order valence-electron chi connectivity index (χ0n) is 31.8. The number of nitrogens with zero attached hydrogens (tertiary/aromatic N) is 2. The second-order valence-electron chi connectivity index (χ2n) is 11.7. The quantitative estimate of drug-likeness (QED) is 0.0482. The third-order valence-electron chi connectivity index (χ3n) is 6.62. The van der Waals surface area contributed by atoms with Gasteiger partial charge in [-0.25, -0.2) is 9.79 Å². The fourth-order valence-corrected chi connectivity index (χ4v) is 3.93. The van der Waals surface area contributed by atoms with Crippen molar-refractivity contribution in [2.24, 2.45) is 16.8 Å². The van der Waals surface area contributed by atoms with Crippen LogP contribution in [0.2, 0.25) is 0 Å². The van der Waals surface area contributed by atoms with E-state index >= 15 is 0 Å². The minimum atomic E-state index is -0.372. The highest BCUT2D eigenvalue weighted by atomic mass is 16.5. The molecule has 0 aliphatic heterocycles. The van der Waals surface area contributed by atoms with Crippen molar-refractivity contribution in [3.05, 3.63) is 78.9 Å². The monoisotopic (exact) mass is 666 g/mol. The van der Waals surface area contributed by atoms with E-state index in [1.54, 1.807) is 36.7 Å². The van der Waals surface area contributed by atoms with Crippen LogP contribution in [-0.2, 0) is 4.74 Å². The van der Waals surface area contributed by atoms with Crippen molar-refractivity contribution in [1.82, 2.24) is 10.2 Å². The van der Waals surface area contributed by atoms with Gasteiger partial charge in [0.05, 0.1) is 30.4 Å². The molecule has 0 saturated carbocycles. The Kier molecular flexibility index (Phi) is 29.3. The van der Waals surface area contributed by atoms with Crippen molar-refractivity contribution < 1.29 is 14.3 Å². The zero-order valence-corrected chi connectivity index (χ0v) is 31.8. The Morgan fingerprint density at radius 1 is 0.938 bits per heavy atom. The van der Waals surface area contributed by atoms with Gasteiger partial charge < -0.3 is 25.6 Å². The third kappa shape index (κ3) is 21.8. The second-order valence-corrected chi connectivity index (χ2v) is 11.7. The van der Waals surface area contributed by atoms with Gasteiger partial charge in [0.1, 0.15) is 0 Å². The first-order valence-electron chi connectivity index (χ1n) is 17.5. The number of benzene rings is 2. The molecule has 0 fully saturated rings. The van der Waals surface area contributed by atoms with Crippen LogP contribution in [0.5, 0.6) is 0 Å². The molecule has 8 nitrogen and oxygen atoms in total. The number of ether oxygens (including phenoxy) is 1. The molecule has 8 heteroatoms. The number of amides is 1. The lowest BCUT2D eigenvalue weighted by atomic mass is 10.1. The summed E-state index contributed by atoms with van der Waals surface area (Å²) in [5.74, 6) is 0.780. The van der Waals surface area contributed by atoms with Gasteiger partial charge in [-0.15, -0.1) is 13.2 Å². The topological polar surface area (TPSA) is 95.1 Å². The number of unbranched alkanes of at least 4 members (excludes halogenated alkanes) is 1. The molecular weight excluding hydrogens is 598 g/mol. The molecule has 0 spiro atoms. The van der Waals surface area contributed by atoms with Crippen LogP contribution in [0.25, 0.3) is 0 Å². The average Bonchev–Trinajstić information content (AvgIpc) is 3.09. The van der Waals surface area contributed by atoms with Gasteiger partial charge in [-0.3, -0.25) is 4.79 Å². The first-order chi connectivity index (χ1) is 23.1. The Bertz CT molecular complexity index is 1150. The van der Waals surface area contributed by atoms with Gasteiger partial charge in [0, 0.05) is 30.9 Å². The minimum absolute atomic E-state index is 0.0650. The maximum Gasteiger partial charge on any atom is 0.337 e. The molecule has 0 aromatic heterocycles. The van der Waals surface area contributed by atoms with Gasteiger partial charge in [-0.2, -0.15) is 0 Å². The molecule has 0 saturated heterocycles. The van der Waals surface area contributed by atoms with Crippen LogP contribution in [0.4, 0.5) is 17.1 Å². The van der Waals surface area contributed by atoms with E-state index in [9.17, 15) is 9.59 Å². The number of hydrogen-bond donors (Lipinski definition) is 3. The van der Waals surface area contributed by atoms with Gasteiger partial charge in [0.15, 0.2) is 0 Å². The van der Waals surface area contributed by atoms with E-state index in [4.69, 9.17) is 4.74 Å². The summed E-state index contributed by atoms with van der Waals surface area (Å²) in [6.45, 7) is 27.1. The summed E-state index contributed by atoms with van der Waals surface area (Å²) in [6, 6.07) is 12.6. The minimum Gasteiger partial charge on any atom is -0.465 e. The number of hydrogen-bond acceptors (Lipinski definition) is 6. The number of esters is 1. The van der Waals surface area contributed by atoms with Gasteiger partial charge in [-0.05, 0) is 107 Å². The van der Waals surface area contributed by atoms with Crippen molar-refractivity contribution in [3.63, 3.8) is 0 Å². The molecule has 2 rings (SSSR count). The number of anilines is 2. The summed E-state index contributed by atoms with van der Waals surface area (Å²) in [6.07, 6.45) is 10.6. The first kappa shape index (κ1) is 46.2. The van der Waals surface area contributed by atoms with Crippen molar-refractivity contribution in [2.75, 3.05) is 51.0 Å². The van der Waals surface area contributed by atoms with E-state index < -0.39 is 0 Å². The summed E-state index contributed by atoms with van der Waals surface area (Å²) in [4.78, 5) is 31.6. The molecule has 0 aliphatic rings. The average molecular weight is 666 g/mol. The van der Waals surface area contributed by atoms with Crippen LogP contribution in [0.15, 0.2) is 72.8 Å². The summed E-state index contributed by atoms with van der Waals surface area (Å²) < 4.78 is 4.73. The van der Waals surface area contributed by atoms with E-state index in [-0.39, 0.29) is 11.9 Å². The maximum absolute atomic E-state index is 13.4. The SMILES string of the molecule is C=CC.C=CCCCNC.CC.CCCNc1cc(C(=O)N(CCC(C)C)CCC(C)C)ccc1N=CNc1ccc(C(=O)OC)cc1. The maximum atomic E-state index is 13.4. The predicted molar refractivity (Wildman–Crippen MR) is 210 cm³/mol. The van der Waals surface area contributed by atoms with Crippen LogP contribution in [0.1, 0.15) is 108 Å². The van der Waals surface area contributed by atoms with E-state index in [1.807, 2.05) is 57.0 Å². The summed E-state index contributed by atoms with van der Waals surface area (Å²) in [5.41, 5.74) is 3.53. The molecule has 3 N–H and O–H groups in total. The molecule has 0 atom stereocenters. The summed E-state index contributed by atoms with van der Waals surface area (Å²) in [7, 11) is 3.32. The fraction of sp³-hybridized carbons (Fsp3) is 0.525. The Morgan fingerprint density at radius 3 is 1.98 bits per heavy atom. The standard InChI is InChI=1S/C29H42N4O3.C6H13N.C3H6.C2H6/c1-7-16-30-27-19-24(28(34)33(17-14-21(2)3)18-15-22(4)5)10-13-26(27)32-20-31-25-11-8-23(9-12-25)29(35)36-6;1-3-4-5-6-7-2;1-3-2;1-2/h8-13,19-22,30H,7,14-18H2,1-6H3,(H,31,32);3,7H,1,4-6H2,2H3;3H,1H2,2H3;1-2H3. The highest BCUT2D eigenvalue weighted by Crippen LogP contribution is 2.27. The number of allylic oxidation sites excluding steroid dienone is 2. The highest BCUT2D eigenvalue weighted by molar-refractivity contribution is 5.96. The molecular formula is C40H67N5O3. The molecule has 1 amide bonds. The van der Waals surface area contributed by atoms with E-state index in [0.717, 1.165) is 68.9 Å². The zero-order chi connectivity index (χ0) is 36.7. The Balaban J connectivity index is 0. The number of aliphatic imine (C=N–C) groups is 1. The fourth-order valence-electron chi connectivity index (χ4n) is 3.93. The van der Waals surface area contributed by atoms with Gasteiger partial charge in [0.25, 0.3) is 5.91 Å². The molecule has 270 valence electrons. The number of carbonyl (C=O) groups excluding carboxylic acids is 2. The molecule has 0 heterocycles. The summed E-state index contributed by atoms with van der Waals surface area (Å²) in [5, 5.41) is 9.59. The number of carbonyl (C=O) groups is 2. The smallest absolute Gasteiger partial charge is 0.337 e. The molecule has 0 unspecified atom stereocenters. The normalized spacial score (nSPS) is 10.1. The molecule has 2 aromatic carbocycles.